The van der Waals surface area contributed by atoms with Crippen LogP contribution in [0, 0.1) is 0 Å². The minimum Gasteiger partial charge on any atom is -0.475 e. The number of alkyl halides is 3. The molecular formula is C25H33F3N6O5S. The van der Waals surface area contributed by atoms with E-state index >= 15 is 0 Å². The highest BCUT2D eigenvalue weighted by Gasteiger charge is 2.38. The predicted molar refractivity (Wildman–Crippen MR) is 144 cm³/mol. The number of nitrogens with one attached hydrogen (secondary N) is 2. The van der Waals surface area contributed by atoms with Crippen LogP contribution < -0.4 is 10.2 Å². The van der Waals surface area contributed by atoms with Gasteiger partial charge in [-0.25, -0.2) is 28.2 Å². The molecule has 220 valence electrons. The lowest BCUT2D eigenvalue weighted by Crippen LogP contribution is -2.45. The number of aromatic nitrogens is 4. The maximum Gasteiger partial charge on any atom is 0.490 e. The van der Waals surface area contributed by atoms with Crippen LogP contribution in [0.3, 0.4) is 0 Å². The van der Waals surface area contributed by atoms with Gasteiger partial charge in [0.05, 0.1) is 47.0 Å². The Bertz CT molecular complexity index is 1430. The van der Waals surface area contributed by atoms with Gasteiger partial charge in [-0.2, -0.15) is 13.2 Å². The molecule has 11 nitrogen and oxygen atoms in total. The number of fused-ring (bicyclic) bond motifs is 1. The molecule has 40 heavy (non-hydrogen) atoms. The standard InChI is InChI=1S/C23H32N6O3S.C2HF3O2/c1-5-18-13-32-9-8-29(18)22-11-17(14-33(30,31)15(2)3)26-23(28-22)20-7-6-19-21(27-20)10-16(25-19)12-24-4;3-2(4,5)1(6)7/h6-7,10-11,15,18,24-25H,5,8-9,12-14H2,1-4H3;(H,6,7)/t18-;/m0./s1. The Hall–Kier alpha value is -3.30. The number of pyridine rings is 1. The first-order valence-corrected chi connectivity index (χ1v) is 14.3. The molecule has 3 N–H and O–H groups in total. The Balaban J connectivity index is 0.000000559. The van der Waals surface area contributed by atoms with Crippen LogP contribution in [0.1, 0.15) is 38.6 Å². The third-order valence-corrected chi connectivity index (χ3v) is 8.33. The maximum absolute atomic E-state index is 12.7. The maximum atomic E-state index is 12.7. The van der Waals surface area contributed by atoms with Crippen LogP contribution in [0.15, 0.2) is 24.3 Å². The van der Waals surface area contributed by atoms with Gasteiger partial charge in [-0.1, -0.05) is 6.92 Å². The summed E-state index contributed by atoms with van der Waals surface area (Å²) in [6.45, 7) is 8.14. The van der Waals surface area contributed by atoms with Gasteiger partial charge in [0.15, 0.2) is 15.7 Å². The zero-order chi connectivity index (χ0) is 29.7. The summed E-state index contributed by atoms with van der Waals surface area (Å²) in [7, 11) is -1.43. The summed E-state index contributed by atoms with van der Waals surface area (Å²) in [4.78, 5) is 28.7. The van der Waals surface area contributed by atoms with Crippen LogP contribution in [0.5, 0.6) is 0 Å². The molecule has 3 aromatic rings. The number of aliphatic carboxylic acids is 1. The van der Waals surface area contributed by atoms with E-state index in [1.54, 1.807) is 19.9 Å². The normalized spacial score (nSPS) is 16.2. The second kappa shape index (κ2) is 12.9. The van der Waals surface area contributed by atoms with Gasteiger partial charge in [-0.15, -0.1) is 0 Å². The summed E-state index contributed by atoms with van der Waals surface area (Å²) in [6.07, 6.45) is -4.18. The quantitative estimate of drug-likeness (QED) is 0.359. The van der Waals surface area contributed by atoms with Gasteiger partial charge >= 0.3 is 12.1 Å². The topological polar surface area (TPSA) is 150 Å². The van der Waals surface area contributed by atoms with E-state index in [-0.39, 0.29) is 11.8 Å². The van der Waals surface area contributed by atoms with Crippen LogP contribution in [0.2, 0.25) is 0 Å². The fraction of sp³-hybridized carbons (Fsp3) is 0.520. The van der Waals surface area contributed by atoms with Crippen LogP contribution in [0.25, 0.3) is 22.6 Å². The van der Waals surface area contributed by atoms with Gasteiger partial charge in [-0.3, -0.25) is 0 Å². The lowest BCUT2D eigenvalue weighted by atomic mass is 10.1. The number of morpholine rings is 1. The lowest BCUT2D eigenvalue weighted by molar-refractivity contribution is -0.192. The molecule has 4 rings (SSSR count). The van der Waals surface area contributed by atoms with Gasteiger partial charge in [0, 0.05) is 24.8 Å². The number of ether oxygens (including phenoxy) is 1. The number of hydrogen-bond acceptors (Lipinski definition) is 9. The molecule has 0 saturated carbocycles. The largest absolute Gasteiger partial charge is 0.490 e. The van der Waals surface area contributed by atoms with Crippen LogP contribution in [0.4, 0.5) is 19.0 Å². The number of carboxylic acid groups (broad SMARTS) is 1. The summed E-state index contributed by atoms with van der Waals surface area (Å²) < 4.78 is 62.7. The second-order valence-electron chi connectivity index (χ2n) is 9.48. The number of anilines is 1. The number of halogens is 3. The van der Waals surface area contributed by atoms with Crippen LogP contribution >= 0.6 is 0 Å². The lowest BCUT2D eigenvalue weighted by Gasteiger charge is -2.36. The number of sulfone groups is 1. The summed E-state index contributed by atoms with van der Waals surface area (Å²) in [5, 5.41) is 9.77. The molecule has 0 spiro atoms. The van der Waals surface area contributed by atoms with E-state index in [0.717, 1.165) is 29.0 Å². The highest BCUT2D eigenvalue weighted by atomic mass is 32.2. The fourth-order valence-electron chi connectivity index (χ4n) is 3.96. The molecule has 1 atom stereocenters. The number of hydrogen-bond donors (Lipinski definition) is 3. The van der Waals surface area contributed by atoms with E-state index in [4.69, 9.17) is 24.6 Å². The monoisotopic (exact) mass is 586 g/mol. The van der Waals surface area contributed by atoms with Gasteiger partial charge in [0.25, 0.3) is 0 Å². The molecule has 0 bridgehead atoms. The molecule has 1 fully saturated rings. The number of rotatable bonds is 8. The van der Waals surface area contributed by atoms with Crippen LogP contribution in [-0.2, 0) is 31.7 Å². The van der Waals surface area contributed by atoms with Gasteiger partial charge in [0.1, 0.15) is 11.5 Å². The highest BCUT2D eigenvalue weighted by Crippen LogP contribution is 2.26. The third kappa shape index (κ3) is 7.88. The Labute approximate surface area is 230 Å². The molecule has 0 aromatic carbocycles. The average Bonchev–Trinajstić information content (AvgIpc) is 3.30. The fourth-order valence-corrected chi connectivity index (χ4v) is 4.85. The Morgan fingerprint density at radius 1 is 1.25 bits per heavy atom. The second-order valence-corrected chi connectivity index (χ2v) is 12.0. The van der Waals surface area contributed by atoms with Crippen molar-refractivity contribution in [3.05, 3.63) is 35.7 Å². The van der Waals surface area contributed by atoms with Gasteiger partial charge in [-0.05, 0) is 45.5 Å². The SMILES string of the molecule is CC[C@H]1COCCN1c1cc(CS(=O)(=O)C(C)C)nc(-c2ccc3[nH]c(CNC)cc3n2)n1.O=C(O)C(F)(F)F. The molecule has 0 aliphatic carbocycles. The third-order valence-electron chi connectivity index (χ3n) is 6.20. The van der Waals surface area contributed by atoms with Crippen molar-refractivity contribution >= 4 is 32.7 Å². The van der Waals surface area contributed by atoms with Crippen molar-refractivity contribution in [2.45, 2.75) is 57.0 Å². The van der Waals surface area contributed by atoms with Crippen molar-refractivity contribution in [3.63, 3.8) is 0 Å². The summed E-state index contributed by atoms with van der Waals surface area (Å²) in [6, 6.07) is 7.81. The molecule has 1 saturated heterocycles. The Kier molecular flexibility index (Phi) is 10.1. The van der Waals surface area contributed by atoms with Crippen LogP contribution in [-0.4, -0.2) is 83.7 Å². The van der Waals surface area contributed by atoms with Crippen molar-refractivity contribution in [1.82, 2.24) is 25.3 Å². The van der Waals surface area contributed by atoms with Crippen molar-refractivity contribution in [2.75, 3.05) is 31.7 Å². The Morgan fingerprint density at radius 3 is 2.55 bits per heavy atom. The number of carbonyl (C=O) groups is 1. The van der Waals surface area contributed by atoms with Crippen molar-refractivity contribution < 1.29 is 36.2 Å². The molecule has 15 heteroatoms. The minimum absolute atomic E-state index is 0.132. The number of H-pyrrole nitrogens is 1. The minimum atomic E-state index is -5.08. The van der Waals surface area contributed by atoms with E-state index in [1.165, 1.54) is 0 Å². The van der Waals surface area contributed by atoms with E-state index in [9.17, 15) is 21.6 Å². The zero-order valence-electron chi connectivity index (χ0n) is 22.6. The number of carboxylic acids is 1. The number of nitrogens with zero attached hydrogens (tertiary/aromatic N) is 4. The van der Waals surface area contributed by atoms with E-state index in [0.29, 0.717) is 43.5 Å². The average molecular weight is 587 g/mol. The van der Waals surface area contributed by atoms with E-state index in [2.05, 4.69) is 27.1 Å². The summed E-state index contributed by atoms with van der Waals surface area (Å²) in [5.41, 5.74) is 3.89. The zero-order valence-corrected chi connectivity index (χ0v) is 23.4. The predicted octanol–water partition coefficient (Wildman–Crippen LogP) is 3.31. The molecule has 1 aliphatic heterocycles. The Morgan fingerprint density at radius 2 is 1.95 bits per heavy atom. The first kappa shape index (κ1) is 31.2. The molecular weight excluding hydrogens is 553 g/mol. The van der Waals surface area contributed by atoms with Crippen molar-refractivity contribution in [2.24, 2.45) is 0 Å². The first-order chi connectivity index (χ1) is 18.7. The molecule has 0 unspecified atom stereocenters. The van der Waals surface area contributed by atoms with Gasteiger partial charge < -0.3 is 25.0 Å². The molecule has 0 radical (unpaired) electrons. The number of aromatic amines is 1. The highest BCUT2D eigenvalue weighted by molar-refractivity contribution is 7.91. The first-order valence-electron chi connectivity index (χ1n) is 12.6. The summed E-state index contributed by atoms with van der Waals surface area (Å²) >= 11 is 0. The molecule has 1 aliphatic rings. The molecule has 0 amide bonds. The van der Waals surface area contributed by atoms with Gasteiger partial charge in [0.2, 0.25) is 0 Å². The summed E-state index contributed by atoms with van der Waals surface area (Å²) in [5.74, 6) is -1.74. The van der Waals surface area contributed by atoms with Crippen molar-refractivity contribution in [3.8, 4) is 11.5 Å². The molecule has 3 aromatic heterocycles. The molecule has 4 heterocycles. The smallest absolute Gasteiger partial charge is 0.475 e. The van der Waals surface area contributed by atoms with E-state index < -0.39 is 27.2 Å². The van der Waals surface area contributed by atoms with E-state index in [1.807, 2.05) is 25.2 Å². The van der Waals surface area contributed by atoms with Crippen molar-refractivity contribution in [1.29, 1.82) is 0 Å².